The van der Waals surface area contributed by atoms with E-state index in [0.29, 0.717) is 34.4 Å². The summed E-state index contributed by atoms with van der Waals surface area (Å²) in [6, 6.07) is 15.0. The molecule has 0 saturated heterocycles. The van der Waals surface area contributed by atoms with Crippen LogP contribution in [0.2, 0.25) is 5.02 Å². The maximum atomic E-state index is 12.9. The van der Waals surface area contributed by atoms with Crippen molar-refractivity contribution in [1.29, 1.82) is 0 Å². The molecule has 8 nitrogen and oxygen atoms in total. The lowest BCUT2D eigenvalue weighted by Gasteiger charge is -2.19. The zero-order valence-corrected chi connectivity index (χ0v) is 17.4. The first-order valence-electron chi connectivity index (χ1n) is 9.84. The lowest BCUT2D eigenvalue weighted by Crippen LogP contribution is -2.31. The van der Waals surface area contributed by atoms with Crippen LogP contribution in [0.3, 0.4) is 0 Å². The Bertz CT molecular complexity index is 1190. The Morgan fingerprint density at radius 3 is 2.69 bits per heavy atom. The molecule has 0 radical (unpaired) electrons. The normalized spacial score (nSPS) is 16.7. The molecule has 5 rings (SSSR count). The number of ether oxygens (including phenoxy) is 3. The summed E-state index contributed by atoms with van der Waals surface area (Å²) in [6.45, 7) is -0.370. The zero-order valence-electron chi connectivity index (χ0n) is 16.7. The molecule has 0 fully saturated rings. The highest BCUT2D eigenvalue weighted by Gasteiger charge is 2.35. The Hall–Kier alpha value is -3.78. The van der Waals surface area contributed by atoms with Crippen molar-refractivity contribution in [3.63, 3.8) is 0 Å². The molecular weight excluding hydrogens is 436 g/mol. The maximum absolute atomic E-state index is 12.9. The molecule has 3 aromatic rings. The van der Waals surface area contributed by atoms with Crippen LogP contribution < -0.4 is 9.47 Å². The highest BCUT2D eigenvalue weighted by molar-refractivity contribution is 6.30. The van der Waals surface area contributed by atoms with Gasteiger partial charge < -0.3 is 18.6 Å². The number of hydrazone groups is 1. The van der Waals surface area contributed by atoms with E-state index in [1.54, 1.807) is 36.4 Å². The van der Waals surface area contributed by atoms with Gasteiger partial charge >= 0.3 is 5.97 Å². The molecule has 2 aliphatic heterocycles. The molecule has 3 heterocycles. The largest absolute Gasteiger partial charge is 0.467 e. The first kappa shape index (κ1) is 20.1. The molecule has 0 aliphatic carbocycles. The van der Waals surface area contributed by atoms with E-state index in [1.165, 1.54) is 17.3 Å². The van der Waals surface area contributed by atoms with Crippen molar-refractivity contribution in [2.24, 2.45) is 5.10 Å². The van der Waals surface area contributed by atoms with Gasteiger partial charge in [0.25, 0.3) is 5.91 Å². The Balaban J connectivity index is 1.31. The summed E-state index contributed by atoms with van der Waals surface area (Å²) in [5.41, 5.74) is 1.81. The van der Waals surface area contributed by atoms with Crippen LogP contribution >= 0.6 is 11.6 Å². The Kier molecular flexibility index (Phi) is 5.28. The first-order valence-corrected chi connectivity index (χ1v) is 10.2. The van der Waals surface area contributed by atoms with Gasteiger partial charge in [-0.05, 0) is 48.0 Å². The van der Waals surface area contributed by atoms with E-state index in [2.05, 4.69) is 5.10 Å². The van der Waals surface area contributed by atoms with E-state index in [1.807, 2.05) is 12.1 Å². The molecule has 1 aromatic heterocycles. The minimum atomic E-state index is -0.646. The molecular formula is C23H17ClN2O6. The molecule has 0 bridgehead atoms. The molecule has 1 atom stereocenters. The average molecular weight is 453 g/mol. The van der Waals surface area contributed by atoms with Gasteiger partial charge in [0, 0.05) is 11.4 Å². The fourth-order valence-electron chi connectivity index (χ4n) is 3.56. The zero-order chi connectivity index (χ0) is 22.1. The molecule has 1 unspecified atom stereocenters. The van der Waals surface area contributed by atoms with Crippen molar-refractivity contribution in [3.8, 4) is 11.5 Å². The number of furan rings is 1. The number of benzene rings is 2. The number of halogens is 1. The predicted octanol–water partition coefficient (Wildman–Crippen LogP) is 4.20. The molecule has 1 amide bonds. The van der Waals surface area contributed by atoms with Gasteiger partial charge in [0.2, 0.25) is 6.79 Å². The quantitative estimate of drug-likeness (QED) is 0.539. The van der Waals surface area contributed by atoms with E-state index in [-0.39, 0.29) is 12.4 Å². The number of fused-ring (bicyclic) bond motifs is 1. The number of esters is 1. The lowest BCUT2D eigenvalue weighted by molar-refractivity contribution is -0.136. The molecule has 9 heteroatoms. The minimum Gasteiger partial charge on any atom is -0.467 e. The Morgan fingerprint density at radius 1 is 1.09 bits per heavy atom. The van der Waals surface area contributed by atoms with Crippen LogP contribution in [0.15, 0.2) is 70.4 Å². The fourth-order valence-corrected chi connectivity index (χ4v) is 3.69. The van der Waals surface area contributed by atoms with Crippen molar-refractivity contribution in [2.75, 3.05) is 13.4 Å². The van der Waals surface area contributed by atoms with Gasteiger partial charge in [0.05, 0.1) is 17.5 Å². The van der Waals surface area contributed by atoms with E-state index in [9.17, 15) is 9.59 Å². The number of hydrogen-bond donors (Lipinski definition) is 0. The summed E-state index contributed by atoms with van der Waals surface area (Å²) in [5, 5.41) is 6.40. The van der Waals surface area contributed by atoms with E-state index in [4.69, 9.17) is 30.2 Å². The van der Waals surface area contributed by atoms with Crippen molar-refractivity contribution >= 4 is 29.2 Å². The summed E-state index contributed by atoms with van der Waals surface area (Å²) in [7, 11) is 0. The summed E-state index contributed by atoms with van der Waals surface area (Å²) in [5.74, 6) is 0.491. The van der Waals surface area contributed by atoms with Gasteiger partial charge in [-0.15, -0.1) is 0 Å². The minimum absolute atomic E-state index is 0.101. The smallest absolute Gasteiger partial charge is 0.338 e. The third-order valence-electron chi connectivity index (χ3n) is 5.15. The number of amides is 1. The van der Waals surface area contributed by atoms with Crippen molar-refractivity contribution < 1.29 is 28.2 Å². The van der Waals surface area contributed by atoms with Crippen LogP contribution in [0, 0.1) is 0 Å². The lowest BCUT2D eigenvalue weighted by atomic mass is 10.0. The molecule has 0 spiro atoms. The number of rotatable bonds is 5. The van der Waals surface area contributed by atoms with E-state index in [0.717, 1.165) is 5.56 Å². The number of carbonyl (C=O) groups excluding carboxylic acids is 2. The van der Waals surface area contributed by atoms with Gasteiger partial charge in [-0.3, -0.25) is 4.79 Å². The van der Waals surface area contributed by atoms with Crippen LogP contribution in [0.4, 0.5) is 0 Å². The molecule has 2 aromatic carbocycles. The van der Waals surface area contributed by atoms with Crippen molar-refractivity contribution in [1.82, 2.24) is 5.01 Å². The number of hydrogen-bond acceptors (Lipinski definition) is 7. The molecule has 2 aliphatic rings. The van der Waals surface area contributed by atoms with Gasteiger partial charge in [0.15, 0.2) is 18.1 Å². The summed E-state index contributed by atoms with van der Waals surface area (Å²) in [4.78, 5) is 25.4. The molecule has 0 saturated carbocycles. The fraction of sp³-hybridized carbons (Fsp3) is 0.174. The Morgan fingerprint density at radius 2 is 1.91 bits per heavy atom. The second kappa shape index (κ2) is 8.39. The SMILES string of the molecule is O=C(OCC(=O)N1N=C(c2ccc(Cl)cc2)CC1c1ccco1)c1ccc2c(c1)OCO2. The van der Waals surface area contributed by atoms with Crippen LogP contribution in [0.25, 0.3) is 0 Å². The van der Waals surface area contributed by atoms with Crippen LogP contribution in [-0.2, 0) is 9.53 Å². The van der Waals surface area contributed by atoms with Gasteiger partial charge in [0.1, 0.15) is 11.8 Å². The van der Waals surface area contributed by atoms with Gasteiger partial charge in [-0.2, -0.15) is 5.10 Å². The topological polar surface area (TPSA) is 90.6 Å². The van der Waals surface area contributed by atoms with Crippen LogP contribution in [-0.4, -0.2) is 36.0 Å². The Labute approximate surface area is 187 Å². The van der Waals surface area contributed by atoms with Gasteiger partial charge in [-0.1, -0.05) is 23.7 Å². The van der Waals surface area contributed by atoms with Crippen molar-refractivity contribution in [3.05, 3.63) is 82.8 Å². The van der Waals surface area contributed by atoms with Gasteiger partial charge in [-0.25, -0.2) is 9.80 Å². The molecule has 0 N–H and O–H groups in total. The third-order valence-corrected chi connectivity index (χ3v) is 5.40. The summed E-state index contributed by atoms with van der Waals surface area (Å²) < 4.78 is 21.3. The number of carbonyl (C=O) groups is 2. The highest BCUT2D eigenvalue weighted by Crippen LogP contribution is 2.34. The second-order valence-corrected chi connectivity index (χ2v) is 7.61. The maximum Gasteiger partial charge on any atom is 0.338 e. The van der Waals surface area contributed by atoms with E-state index >= 15 is 0 Å². The van der Waals surface area contributed by atoms with Crippen LogP contribution in [0.1, 0.15) is 34.1 Å². The first-order chi connectivity index (χ1) is 15.6. The van der Waals surface area contributed by atoms with Crippen molar-refractivity contribution in [2.45, 2.75) is 12.5 Å². The highest BCUT2D eigenvalue weighted by atomic mass is 35.5. The molecule has 162 valence electrons. The number of nitrogens with zero attached hydrogens (tertiary/aromatic N) is 2. The van der Waals surface area contributed by atoms with Crippen LogP contribution in [0.5, 0.6) is 11.5 Å². The van der Waals surface area contributed by atoms with E-state index < -0.39 is 24.5 Å². The standard InChI is InChI=1S/C23H17ClN2O6/c24-16-6-3-14(4-7-16)17-11-18(19-2-1-9-29-19)26(25-17)22(27)12-30-23(28)15-5-8-20-21(10-15)32-13-31-20/h1-10,18H,11-13H2. The second-order valence-electron chi connectivity index (χ2n) is 7.17. The summed E-state index contributed by atoms with van der Waals surface area (Å²) >= 11 is 5.98. The monoisotopic (exact) mass is 452 g/mol. The molecule has 32 heavy (non-hydrogen) atoms. The summed E-state index contributed by atoms with van der Waals surface area (Å²) in [6.07, 6.45) is 1.99. The average Bonchev–Trinajstić information content (AvgIpc) is 3.57. The predicted molar refractivity (Wildman–Crippen MR) is 114 cm³/mol. The third kappa shape index (κ3) is 3.92.